The lowest BCUT2D eigenvalue weighted by Gasteiger charge is -2.32. The highest BCUT2D eigenvalue weighted by Gasteiger charge is 2.34. The molecule has 0 radical (unpaired) electrons. The van der Waals surface area contributed by atoms with Gasteiger partial charge in [0, 0.05) is 12.6 Å². The van der Waals surface area contributed by atoms with Gasteiger partial charge in [-0.05, 0) is 37.6 Å². The molecular formula is C14H29NO. The average molecular weight is 227 g/mol. The molecule has 0 aromatic heterocycles. The van der Waals surface area contributed by atoms with Crippen LogP contribution in [0.25, 0.3) is 0 Å². The molecule has 4 atom stereocenters. The minimum Gasteiger partial charge on any atom is -0.376 e. The van der Waals surface area contributed by atoms with Crippen molar-refractivity contribution >= 4 is 0 Å². The quantitative estimate of drug-likeness (QED) is 0.721. The molecule has 1 fully saturated rings. The Bertz CT molecular complexity index is 184. The molecule has 0 spiro atoms. The number of hydrogen-bond donors (Lipinski definition) is 1. The van der Waals surface area contributed by atoms with Crippen LogP contribution in [-0.4, -0.2) is 25.3 Å². The monoisotopic (exact) mass is 227 g/mol. The van der Waals surface area contributed by atoms with E-state index >= 15 is 0 Å². The molecule has 0 amide bonds. The highest BCUT2D eigenvalue weighted by Crippen LogP contribution is 2.27. The van der Waals surface area contributed by atoms with E-state index in [4.69, 9.17) is 4.74 Å². The van der Waals surface area contributed by atoms with Crippen molar-refractivity contribution in [2.75, 3.05) is 13.2 Å². The minimum absolute atomic E-state index is 0.438. The van der Waals surface area contributed by atoms with Gasteiger partial charge in [0.05, 0.1) is 6.10 Å². The van der Waals surface area contributed by atoms with Gasteiger partial charge < -0.3 is 10.1 Å². The van der Waals surface area contributed by atoms with Crippen LogP contribution >= 0.6 is 0 Å². The Morgan fingerprint density at radius 2 is 2.06 bits per heavy atom. The Kier molecular flexibility index (Phi) is 6.37. The van der Waals surface area contributed by atoms with Crippen molar-refractivity contribution in [1.29, 1.82) is 0 Å². The van der Waals surface area contributed by atoms with Crippen LogP contribution in [0.3, 0.4) is 0 Å². The van der Waals surface area contributed by atoms with Crippen molar-refractivity contribution in [3.8, 4) is 0 Å². The van der Waals surface area contributed by atoms with E-state index in [1.165, 1.54) is 25.7 Å². The summed E-state index contributed by atoms with van der Waals surface area (Å²) in [7, 11) is 0. The van der Waals surface area contributed by atoms with Gasteiger partial charge in [-0.3, -0.25) is 0 Å². The van der Waals surface area contributed by atoms with E-state index in [0.717, 1.165) is 19.1 Å². The summed E-state index contributed by atoms with van der Waals surface area (Å²) in [6.07, 6.45) is 5.44. The third-order valence-corrected chi connectivity index (χ3v) is 3.79. The Morgan fingerprint density at radius 1 is 1.31 bits per heavy atom. The van der Waals surface area contributed by atoms with Crippen molar-refractivity contribution in [2.45, 2.75) is 65.5 Å². The number of rotatable bonds is 7. The van der Waals surface area contributed by atoms with Crippen molar-refractivity contribution in [2.24, 2.45) is 11.8 Å². The van der Waals surface area contributed by atoms with Crippen molar-refractivity contribution in [3.05, 3.63) is 0 Å². The maximum absolute atomic E-state index is 5.93. The largest absolute Gasteiger partial charge is 0.376 e. The van der Waals surface area contributed by atoms with E-state index in [9.17, 15) is 0 Å². The molecule has 0 bridgehead atoms. The van der Waals surface area contributed by atoms with Gasteiger partial charge in [-0.15, -0.1) is 0 Å². The van der Waals surface area contributed by atoms with Crippen LogP contribution in [0.5, 0.6) is 0 Å². The lowest BCUT2D eigenvalue weighted by atomic mass is 9.87. The van der Waals surface area contributed by atoms with Gasteiger partial charge >= 0.3 is 0 Å². The molecule has 1 N–H and O–H groups in total. The molecule has 1 aliphatic heterocycles. The summed E-state index contributed by atoms with van der Waals surface area (Å²) in [5, 5.41) is 3.70. The SMILES string of the molecule is CCCNC(C(C)CCC)C1OCCC1C. The Morgan fingerprint density at radius 3 is 2.56 bits per heavy atom. The predicted molar refractivity (Wildman–Crippen MR) is 69.7 cm³/mol. The van der Waals surface area contributed by atoms with Crippen LogP contribution < -0.4 is 5.32 Å². The van der Waals surface area contributed by atoms with E-state index in [-0.39, 0.29) is 0 Å². The maximum Gasteiger partial charge on any atom is 0.0756 e. The average Bonchev–Trinajstić information content (AvgIpc) is 2.66. The van der Waals surface area contributed by atoms with E-state index in [0.29, 0.717) is 18.1 Å². The lowest BCUT2D eigenvalue weighted by molar-refractivity contribution is 0.0419. The molecular weight excluding hydrogens is 198 g/mol. The van der Waals surface area contributed by atoms with E-state index in [2.05, 4.69) is 33.0 Å². The Labute approximate surface area is 101 Å². The fraction of sp³-hybridized carbons (Fsp3) is 1.00. The summed E-state index contributed by atoms with van der Waals surface area (Å²) in [4.78, 5) is 0. The standard InChI is InChI=1S/C14H29NO/c1-5-7-11(3)13(15-9-6-2)14-12(4)8-10-16-14/h11-15H,5-10H2,1-4H3. The molecule has 0 aliphatic carbocycles. The summed E-state index contributed by atoms with van der Waals surface area (Å²) in [6, 6.07) is 0.553. The van der Waals surface area contributed by atoms with Crippen LogP contribution in [0, 0.1) is 11.8 Å². The summed E-state index contributed by atoms with van der Waals surface area (Å²) in [5.41, 5.74) is 0. The van der Waals surface area contributed by atoms with Crippen molar-refractivity contribution in [3.63, 3.8) is 0 Å². The summed E-state index contributed by atoms with van der Waals surface area (Å²) < 4.78 is 5.93. The molecule has 0 saturated carbocycles. The predicted octanol–water partition coefficient (Wildman–Crippen LogP) is 3.22. The van der Waals surface area contributed by atoms with E-state index in [1.807, 2.05) is 0 Å². The van der Waals surface area contributed by atoms with Crippen LogP contribution in [0.15, 0.2) is 0 Å². The molecule has 1 saturated heterocycles. The van der Waals surface area contributed by atoms with Crippen molar-refractivity contribution < 1.29 is 4.74 Å². The lowest BCUT2D eigenvalue weighted by Crippen LogP contribution is -2.46. The second-order valence-corrected chi connectivity index (χ2v) is 5.35. The van der Waals surface area contributed by atoms with Gasteiger partial charge in [0.25, 0.3) is 0 Å². The zero-order valence-electron chi connectivity index (χ0n) is 11.5. The molecule has 1 heterocycles. The normalized spacial score (nSPS) is 29.2. The summed E-state index contributed by atoms with van der Waals surface area (Å²) in [6.45, 7) is 11.3. The molecule has 2 nitrogen and oxygen atoms in total. The first-order chi connectivity index (χ1) is 7.70. The van der Waals surface area contributed by atoms with E-state index in [1.54, 1.807) is 0 Å². The third kappa shape index (κ3) is 3.74. The molecule has 4 unspecified atom stereocenters. The van der Waals surface area contributed by atoms with Gasteiger partial charge in [-0.2, -0.15) is 0 Å². The van der Waals surface area contributed by atoms with Crippen molar-refractivity contribution in [1.82, 2.24) is 5.32 Å². The highest BCUT2D eigenvalue weighted by atomic mass is 16.5. The smallest absolute Gasteiger partial charge is 0.0756 e. The van der Waals surface area contributed by atoms with Gasteiger partial charge in [-0.25, -0.2) is 0 Å². The number of ether oxygens (including phenoxy) is 1. The summed E-state index contributed by atoms with van der Waals surface area (Å²) >= 11 is 0. The first kappa shape index (κ1) is 14.0. The fourth-order valence-corrected chi connectivity index (χ4v) is 2.76. The molecule has 1 aliphatic rings. The molecule has 0 aromatic rings. The molecule has 1 rings (SSSR count). The van der Waals surface area contributed by atoms with Crippen LogP contribution in [0.4, 0.5) is 0 Å². The first-order valence-electron chi connectivity index (χ1n) is 7.05. The zero-order chi connectivity index (χ0) is 12.0. The number of hydrogen-bond acceptors (Lipinski definition) is 2. The molecule has 2 heteroatoms. The fourth-order valence-electron chi connectivity index (χ4n) is 2.76. The maximum atomic E-state index is 5.93. The van der Waals surface area contributed by atoms with Crippen LogP contribution in [-0.2, 0) is 4.74 Å². The zero-order valence-corrected chi connectivity index (χ0v) is 11.5. The van der Waals surface area contributed by atoms with Gasteiger partial charge in [0.15, 0.2) is 0 Å². The second-order valence-electron chi connectivity index (χ2n) is 5.35. The van der Waals surface area contributed by atoms with Crippen LogP contribution in [0.2, 0.25) is 0 Å². The highest BCUT2D eigenvalue weighted by molar-refractivity contribution is 4.88. The first-order valence-corrected chi connectivity index (χ1v) is 7.05. The topological polar surface area (TPSA) is 21.3 Å². The molecule has 96 valence electrons. The minimum atomic E-state index is 0.438. The van der Waals surface area contributed by atoms with Gasteiger partial charge in [-0.1, -0.05) is 34.1 Å². The van der Waals surface area contributed by atoms with E-state index < -0.39 is 0 Å². The van der Waals surface area contributed by atoms with Crippen LogP contribution in [0.1, 0.15) is 53.4 Å². The number of nitrogens with one attached hydrogen (secondary N) is 1. The second kappa shape index (κ2) is 7.29. The summed E-state index contributed by atoms with van der Waals surface area (Å²) in [5.74, 6) is 1.44. The Hall–Kier alpha value is -0.0800. The van der Waals surface area contributed by atoms with Gasteiger partial charge in [0.1, 0.15) is 0 Å². The molecule has 0 aromatic carbocycles. The molecule has 16 heavy (non-hydrogen) atoms. The third-order valence-electron chi connectivity index (χ3n) is 3.79. The Balaban J connectivity index is 2.54. The van der Waals surface area contributed by atoms with Gasteiger partial charge in [0.2, 0.25) is 0 Å².